The van der Waals surface area contributed by atoms with Gasteiger partial charge in [-0.15, -0.1) is 0 Å². The maximum absolute atomic E-state index is 12.0. The number of hydrogen-bond donors (Lipinski definition) is 1. The first kappa shape index (κ1) is 23.6. The zero-order chi connectivity index (χ0) is 23.1. The van der Waals surface area contributed by atoms with Crippen LogP contribution in [0.5, 0.6) is 11.5 Å². The van der Waals surface area contributed by atoms with Gasteiger partial charge in [-0.3, -0.25) is 14.9 Å². The van der Waals surface area contributed by atoms with Gasteiger partial charge in [0, 0.05) is 12.1 Å². The summed E-state index contributed by atoms with van der Waals surface area (Å²) in [6, 6.07) is 9.56. The third kappa shape index (κ3) is 6.25. The Labute approximate surface area is 192 Å². The highest BCUT2D eigenvalue weighted by Gasteiger charge is 2.33. The number of nitro benzene ring substituents is 1. The number of nitrogens with zero attached hydrogens (tertiary/aromatic N) is 2. The molecule has 0 atom stereocenters. The third-order valence-corrected chi connectivity index (χ3v) is 5.15. The van der Waals surface area contributed by atoms with Crippen molar-refractivity contribution >= 4 is 33.7 Å². The van der Waals surface area contributed by atoms with Gasteiger partial charge >= 0.3 is 0 Å². The Morgan fingerprint density at radius 3 is 2.62 bits per heavy atom. The van der Waals surface area contributed by atoms with Crippen LogP contribution in [0.4, 0.5) is 5.69 Å². The van der Waals surface area contributed by atoms with Gasteiger partial charge in [-0.05, 0) is 58.2 Å². The van der Waals surface area contributed by atoms with Crippen LogP contribution in [0.3, 0.4) is 0 Å². The van der Waals surface area contributed by atoms with E-state index in [1.165, 1.54) is 25.5 Å². The Morgan fingerprint density at radius 1 is 1.31 bits per heavy atom. The largest absolute Gasteiger partial charge is 0.493 e. The average molecular weight is 508 g/mol. The summed E-state index contributed by atoms with van der Waals surface area (Å²) in [5.74, 6) is -0.335. The highest BCUT2D eigenvalue weighted by atomic mass is 79.9. The van der Waals surface area contributed by atoms with Crippen molar-refractivity contribution in [1.82, 2.24) is 5.43 Å². The monoisotopic (exact) mass is 507 g/mol. The fraction of sp³-hybridized carbons (Fsp3) is 0.333. The predicted octanol–water partition coefficient (Wildman–Crippen LogP) is 3.55. The molecule has 2 aromatic rings. The van der Waals surface area contributed by atoms with E-state index in [1.54, 1.807) is 31.2 Å². The number of hydrazone groups is 1. The van der Waals surface area contributed by atoms with E-state index >= 15 is 0 Å². The second kappa shape index (κ2) is 10.5. The lowest BCUT2D eigenvalue weighted by atomic mass is 10.2. The van der Waals surface area contributed by atoms with Crippen molar-refractivity contribution in [3.8, 4) is 11.5 Å². The van der Waals surface area contributed by atoms with Gasteiger partial charge in [-0.2, -0.15) is 5.10 Å². The molecule has 1 heterocycles. The quantitative estimate of drug-likeness (QED) is 0.312. The van der Waals surface area contributed by atoms with Crippen molar-refractivity contribution in [2.75, 3.05) is 20.3 Å². The van der Waals surface area contributed by atoms with Gasteiger partial charge in [0.2, 0.25) is 5.91 Å². The third-order valence-electron chi connectivity index (χ3n) is 4.56. The second-order valence-electron chi connectivity index (χ2n) is 7.05. The number of nitro groups is 1. The van der Waals surface area contributed by atoms with Crippen LogP contribution in [0.1, 0.15) is 24.5 Å². The molecule has 1 amide bonds. The van der Waals surface area contributed by atoms with Crippen molar-refractivity contribution in [3.63, 3.8) is 0 Å². The Morgan fingerprint density at radius 2 is 2.00 bits per heavy atom. The number of benzene rings is 2. The molecular weight excluding hydrogens is 486 g/mol. The number of amides is 1. The van der Waals surface area contributed by atoms with Gasteiger partial charge in [0.25, 0.3) is 5.69 Å². The average Bonchev–Trinajstić information content (AvgIpc) is 3.18. The first-order valence-electron chi connectivity index (χ1n) is 9.63. The molecule has 11 heteroatoms. The molecule has 3 rings (SSSR count). The van der Waals surface area contributed by atoms with Crippen molar-refractivity contribution in [2.45, 2.75) is 25.7 Å². The van der Waals surface area contributed by atoms with Gasteiger partial charge in [0.05, 0.1) is 42.4 Å². The summed E-state index contributed by atoms with van der Waals surface area (Å²) in [5.41, 5.74) is 3.89. The Balaban J connectivity index is 1.61. The smallest absolute Gasteiger partial charge is 0.269 e. The van der Waals surface area contributed by atoms with Gasteiger partial charge in [-0.1, -0.05) is 0 Å². The predicted molar refractivity (Wildman–Crippen MR) is 119 cm³/mol. The highest BCUT2D eigenvalue weighted by molar-refractivity contribution is 9.10. The molecule has 170 valence electrons. The van der Waals surface area contributed by atoms with E-state index in [-0.39, 0.29) is 24.6 Å². The summed E-state index contributed by atoms with van der Waals surface area (Å²) in [4.78, 5) is 22.3. The number of ether oxygens (including phenoxy) is 4. The van der Waals surface area contributed by atoms with Crippen molar-refractivity contribution in [3.05, 3.63) is 62.1 Å². The van der Waals surface area contributed by atoms with Crippen LogP contribution >= 0.6 is 15.9 Å². The number of non-ortho nitro benzene ring substituents is 1. The van der Waals surface area contributed by atoms with Crippen molar-refractivity contribution < 1.29 is 28.7 Å². The second-order valence-corrected chi connectivity index (χ2v) is 7.90. The summed E-state index contributed by atoms with van der Waals surface area (Å²) in [7, 11) is 1.51. The number of nitrogens with one attached hydrogen (secondary N) is 1. The van der Waals surface area contributed by atoms with Gasteiger partial charge in [-0.25, -0.2) is 5.43 Å². The van der Waals surface area contributed by atoms with Crippen LogP contribution < -0.4 is 14.9 Å². The molecule has 0 aliphatic carbocycles. The lowest BCUT2D eigenvalue weighted by Gasteiger charge is -2.20. The number of methoxy groups -OCH3 is 1. The molecule has 32 heavy (non-hydrogen) atoms. The number of rotatable bonds is 9. The lowest BCUT2D eigenvalue weighted by molar-refractivity contribution is -0.384. The van der Waals surface area contributed by atoms with Crippen molar-refractivity contribution in [1.29, 1.82) is 0 Å². The highest BCUT2D eigenvalue weighted by Crippen LogP contribution is 2.37. The Bertz CT molecular complexity index is 1010. The summed E-state index contributed by atoms with van der Waals surface area (Å²) in [6.45, 7) is 2.82. The minimum atomic E-state index is -0.922. The maximum atomic E-state index is 12.0. The number of carbonyl (C=O) groups excluding carboxylic acids is 1. The number of carbonyl (C=O) groups is 1. The fourth-order valence-corrected chi connectivity index (χ4v) is 3.57. The molecule has 1 aliphatic heterocycles. The maximum Gasteiger partial charge on any atom is 0.269 e. The van der Waals surface area contributed by atoms with Gasteiger partial charge in [0.1, 0.15) is 6.61 Å². The molecule has 0 saturated carbocycles. The van der Waals surface area contributed by atoms with Crippen LogP contribution in [0.25, 0.3) is 0 Å². The van der Waals surface area contributed by atoms with Crippen LogP contribution in [0.2, 0.25) is 0 Å². The SMILES string of the molecule is COc1cc(/C=N\NC(=O)CC2(C)OCCO2)cc(Br)c1OCc1ccc([N+](=O)[O-])cc1. The molecule has 1 N–H and O–H groups in total. The minimum Gasteiger partial charge on any atom is -0.493 e. The van der Waals surface area contributed by atoms with Gasteiger partial charge in [0.15, 0.2) is 17.3 Å². The zero-order valence-electron chi connectivity index (χ0n) is 17.5. The molecule has 1 aliphatic rings. The standard InChI is InChI=1S/C21H22BrN3O7/c1-21(31-7-8-32-21)11-19(26)24-23-12-15-9-17(22)20(18(10-15)29-2)30-13-14-3-5-16(6-4-14)25(27)28/h3-6,9-10,12H,7-8,11,13H2,1-2H3,(H,24,26)/b23-12-. The van der Waals surface area contributed by atoms with Crippen LogP contribution in [0.15, 0.2) is 46.0 Å². The molecule has 10 nitrogen and oxygen atoms in total. The van der Waals surface area contributed by atoms with E-state index in [2.05, 4.69) is 26.5 Å². The van der Waals surface area contributed by atoms with E-state index in [0.29, 0.717) is 34.7 Å². The fourth-order valence-electron chi connectivity index (χ4n) is 2.99. The van der Waals surface area contributed by atoms with E-state index in [1.807, 2.05) is 0 Å². The van der Waals surface area contributed by atoms with Crippen LogP contribution in [-0.2, 0) is 20.9 Å². The molecule has 0 unspecified atom stereocenters. The topological polar surface area (TPSA) is 122 Å². The molecule has 0 bridgehead atoms. The van der Waals surface area contributed by atoms with Crippen LogP contribution in [-0.4, -0.2) is 43.2 Å². The van der Waals surface area contributed by atoms with E-state index in [4.69, 9.17) is 18.9 Å². The molecule has 2 aromatic carbocycles. The molecular formula is C21H22BrN3O7. The number of halogens is 1. The molecule has 0 spiro atoms. The van der Waals surface area contributed by atoms with E-state index in [9.17, 15) is 14.9 Å². The first-order chi connectivity index (χ1) is 15.3. The van der Waals surface area contributed by atoms with Gasteiger partial charge < -0.3 is 18.9 Å². The Kier molecular flexibility index (Phi) is 7.78. The normalized spacial score (nSPS) is 15.0. The molecule has 0 radical (unpaired) electrons. The zero-order valence-corrected chi connectivity index (χ0v) is 19.1. The first-order valence-corrected chi connectivity index (χ1v) is 10.4. The van der Waals surface area contributed by atoms with Crippen molar-refractivity contribution in [2.24, 2.45) is 5.10 Å². The summed E-state index contributed by atoms with van der Waals surface area (Å²) in [6.07, 6.45) is 1.51. The van der Waals surface area contributed by atoms with E-state index in [0.717, 1.165) is 5.56 Å². The van der Waals surface area contributed by atoms with Crippen LogP contribution in [0, 0.1) is 10.1 Å². The summed E-state index contributed by atoms with van der Waals surface area (Å²) < 4.78 is 22.7. The molecule has 1 saturated heterocycles. The molecule has 1 fully saturated rings. The summed E-state index contributed by atoms with van der Waals surface area (Å²) in [5, 5.41) is 14.7. The minimum absolute atomic E-state index is 0.0145. The summed E-state index contributed by atoms with van der Waals surface area (Å²) >= 11 is 3.45. The van der Waals surface area contributed by atoms with E-state index < -0.39 is 10.7 Å². The lowest BCUT2D eigenvalue weighted by Crippen LogP contribution is -2.33. The molecule has 0 aromatic heterocycles. The Hall–Kier alpha value is -3.02. The number of hydrogen-bond acceptors (Lipinski definition) is 8.